The van der Waals surface area contributed by atoms with E-state index in [1.54, 1.807) is 18.2 Å². The van der Waals surface area contributed by atoms with Crippen LogP contribution < -0.4 is 10.6 Å². The Morgan fingerprint density at radius 3 is 2.67 bits per heavy atom. The lowest BCUT2D eigenvalue weighted by Crippen LogP contribution is -2.36. The largest absolute Gasteiger partial charge is 0.376 e. The molecular weight excluding hydrogens is 228 g/mol. The maximum Gasteiger partial charge on any atom is 0.239 e. The first-order valence-electron chi connectivity index (χ1n) is 6.17. The smallest absolute Gasteiger partial charge is 0.239 e. The van der Waals surface area contributed by atoms with E-state index in [2.05, 4.69) is 10.6 Å². The molecule has 1 atom stereocenters. The Labute approximate surface area is 108 Å². The number of hydrogen-bond donors (Lipinski definition) is 2. The van der Waals surface area contributed by atoms with Crippen LogP contribution >= 0.6 is 0 Å². The Morgan fingerprint density at radius 2 is 2.06 bits per heavy atom. The van der Waals surface area contributed by atoms with Crippen molar-refractivity contribution in [2.24, 2.45) is 0 Å². The van der Waals surface area contributed by atoms with Gasteiger partial charge in [-0.05, 0) is 32.4 Å². The van der Waals surface area contributed by atoms with Gasteiger partial charge in [-0.2, -0.15) is 0 Å². The summed E-state index contributed by atoms with van der Waals surface area (Å²) in [6, 6.07) is 7.32. The highest BCUT2D eigenvalue weighted by atomic mass is 16.2. The highest BCUT2D eigenvalue weighted by Crippen LogP contribution is 2.10. The normalized spacial score (nSPS) is 11.7. The highest BCUT2D eigenvalue weighted by Gasteiger charge is 2.05. The molecule has 0 aliphatic rings. The lowest BCUT2D eigenvalue weighted by Gasteiger charge is -2.12. The molecule has 2 N–H and O–H groups in total. The summed E-state index contributed by atoms with van der Waals surface area (Å²) in [4.78, 5) is 22.8. The number of carbonyl (C=O) groups is 2. The van der Waals surface area contributed by atoms with Gasteiger partial charge in [0.25, 0.3) is 0 Å². The first-order valence-corrected chi connectivity index (χ1v) is 6.17. The molecular formula is C14H20N2O2. The maximum atomic E-state index is 11.6. The summed E-state index contributed by atoms with van der Waals surface area (Å²) in [5, 5.41) is 5.87. The molecule has 0 aliphatic heterocycles. The van der Waals surface area contributed by atoms with Gasteiger partial charge in [0.2, 0.25) is 5.91 Å². The molecule has 0 unspecified atom stereocenters. The molecule has 1 aromatic rings. The number of ketones is 1. The molecule has 1 rings (SSSR count). The van der Waals surface area contributed by atoms with Crippen molar-refractivity contribution in [3.63, 3.8) is 0 Å². The fourth-order valence-electron chi connectivity index (χ4n) is 1.46. The topological polar surface area (TPSA) is 58.2 Å². The highest BCUT2D eigenvalue weighted by molar-refractivity contribution is 5.95. The summed E-state index contributed by atoms with van der Waals surface area (Å²) in [7, 11) is 0. The average Bonchev–Trinajstić information content (AvgIpc) is 2.36. The Kier molecular flexibility index (Phi) is 5.36. The van der Waals surface area contributed by atoms with E-state index in [9.17, 15) is 9.59 Å². The van der Waals surface area contributed by atoms with Gasteiger partial charge in [-0.3, -0.25) is 9.59 Å². The number of Topliss-reactive ketones (excluding diaryl/α,β-unsaturated/α-hetero) is 1. The summed E-state index contributed by atoms with van der Waals surface area (Å²) >= 11 is 0. The Morgan fingerprint density at radius 1 is 1.33 bits per heavy atom. The molecule has 4 nitrogen and oxygen atoms in total. The number of amides is 1. The number of nitrogens with one attached hydrogen (secondary N) is 2. The van der Waals surface area contributed by atoms with E-state index >= 15 is 0 Å². The molecule has 4 heteroatoms. The van der Waals surface area contributed by atoms with Gasteiger partial charge in [0.05, 0.1) is 6.54 Å². The van der Waals surface area contributed by atoms with Crippen LogP contribution in [0.15, 0.2) is 24.3 Å². The summed E-state index contributed by atoms with van der Waals surface area (Å²) in [5.74, 6) is -0.0275. The molecule has 0 aliphatic carbocycles. The van der Waals surface area contributed by atoms with Crippen LogP contribution in [0, 0.1) is 0 Å². The van der Waals surface area contributed by atoms with Crippen molar-refractivity contribution >= 4 is 17.4 Å². The third kappa shape index (κ3) is 4.57. The Bertz CT molecular complexity index is 430. The van der Waals surface area contributed by atoms with Crippen LogP contribution in [-0.4, -0.2) is 24.3 Å². The third-order valence-corrected chi connectivity index (χ3v) is 2.74. The van der Waals surface area contributed by atoms with E-state index in [0.717, 1.165) is 12.1 Å². The van der Waals surface area contributed by atoms with E-state index in [4.69, 9.17) is 0 Å². The van der Waals surface area contributed by atoms with Gasteiger partial charge in [-0.1, -0.05) is 19.1 Å². The monoisotopic (exact) mass is 248 g/mol. The minimum absolute atomic E-state index is 0.0164. The molecule has 0 spiro atoms. The van der Waals surface area contributed by atoms with Gasteiger partial charge in [0.1, 0.15) is 0 Å². The number of benzene rings is 1. The van der Waals surface area contributed by atoms with Crippen molar-refractivity contribution in [2.75, 3.05) is 11.9 Å². The maximum absolute atomic E-state index is 11.6. The summed E-state index contributed by atoms with van der Waals surface area (Å²) in [6.07, 6.45) is 0.908. The minimum Gasteiger partial charge on any atom is -0.376 e. The summed E-state index contributed by atoms with van der Waals surface area (Å²) in [5.41, 5.74) is 1.42. The van der Waals surface area contributed by atoms with Gasteiger partial charge < -0.3 is 10.6 Å². The van der Waals surface area contributed by atoms with Crippen LogP contribution in [0.25, 0.3) is 0 Å². The fraction of sp³-hybridized carbons (Fsp3) is 0.429. The van der Waals surface area contributed by atoms with E-state index in [1.165, 1.54) is 6.92 Å². The molecule has 0 bridgehead atoms. The summed E-state index contributed by atoms with van der Waals surface area (Å²) < 4.78 is 0. The first-order chi connectivity index (χ1) is 8.52. The van der Waals surface area contributed by atoms with Gasteiger partial charge in [0, 0.05) is 17.3 Å². The SMILES string of the molecule is CC[C@H](C)NC(=O)CNc1cccc(C(C)=O)c1. The number of rotatable bonds is 6. The van der Waals surface area contributed by atoms with E-state index in [-0.39, 0.29) is 24.3 Å². The van der Waals surface area contributed by atoms with Gasteiger partial charge >= 0.3 is 0 Å². The van der Waals surface area contributed by atoms with Crippen molar-refractivity contribution in [3.05, 3.63) is 29.8 Å². The van der Waals surface area contributed by atoms with Crippen LogP contribution in [-0.2, 0) is 4.79 Å². The second-order valence-corrected chi connectivity index (χ2v) is 4.37. The molecule has 0 radical (unpaired) electrons. The molecule has 0 heterocycles. The summed E-state index contributed by atoms with van der Waals surface area (Å²) in [6.45, 7) is 5.73. The van der Waals surface area contributed by atoms with E-state index in [1.807, 2.05) is 19.9 Å². The predicted octanol–water partition coefficient (Wildman–Crippen LogP) is 2.22. The van der Waals surface area contributed by atoms with Crippen molar-refractivity contribution < 1.29 is 9.59 Å². The minimum atomic E-state index is -0.0439. The van der Waals surface area contributed by atoms with Crippen molar-refractivity contribution in [3.8, 4) is 0 Å². The average molecular weight is 248 g/mol. The second kappa shape index (κ2) is 6.79. The molecule has 0 fully saturated rings. The molecule has 0 aromatic heterocycles. The molecule has 1 amide bonds. The molecule has 0 saturated heterocycles. The van der Waals surface area contributed by atoms with Crippen LogP contribution in [0.3, 0.4) is 0 Å². The fourth-order valence-corrected chi connectivity index (χ4v) is 1.46. The van der Waals surface area contributed by atoms with E-state index < -0.39 is 0 Å². The number of hydrogen-bond acceptors (Lipinski definition) is 3. The first kappa shape index (κ1) is 14.2. The molecule has 18 heavy (non-hydrogen) atoms. The zero-order valence-electron chi connectivity index (χ0n) is 11.1. The van der Waals surface area contributed by atoms with Crippen LogP contribution in [0.4, 0.5) is 5.69 Å². The Balaban J connectivity index is 2.50. The molecule has 98 valence electrons. The lowest BCUT2D eigenvalue weighted by atomic mass is 10.1. The van der Waals surface area contributed by atoms with Gasteiger partial charge in [-0.25, -0.2) is 0 Å². The van der Waals surface area contributed by atoms with Crippen LogP contribution in [0.1, 0.15) is 37.6 Å². The third-order valence-electron chi connectivity index (χ3n) is 2.74. The Hall–Kier alpha value is -1.84. The van der Waals surface area contributed by atoms with Gasteiger partial charge in [-0.15, -0.1) is 0 Å². The van der Waals surface area contributed by atoms with Crippen molar-refractivity contribution in [2.45, 2.75) is 33.2 Å². The molecule has 1 aromatic carbocycles. The van der Waals surface area contributed by atoms with Crippen LogP contribution in [0.5, 0.6) is 0 Å². The van der Waals surface area contributed by atoms with Crippen molar-refractivity contribution in [1.82, 2.24) is 5.32 Å². The second-order valence-electron chi connectivity index (χ2n) is 4.37. The zero-order valence-corrected chi connectivity index (χ0v) is 11.1. The van der Waals surface area contributed by atoms with Crippen LogP contribution in [0.2, 0.25) is 0 Å². The lowest BCUT2D eigenvalue weighted by molar-refractivity contribution is -0.120. The van der Waals surface area contributed by atoms with Gasteiger partial charge in [0.15, 0.2) is 5.78 Å². The van der Waals surface area contributed by atoms with E-state index in [0.29, 0.717) is 5.56 Å². The predicted molar refractivity (Wildman–Crippen MR) is 72.8 cm³/mol. The standard InChI is InChI=1S/C14H20N2O2/c1-4-10(2)16-14(18)9-15-13-7-5-6-12(8-13)11(3)17/h5-8,10,15H,4,9H2,1-3H3,(H,16,18)/t10-/m0/s1. The molecule has 0 saturated carbocycles. The number of carbonyl (C=O) groups excluding carboxylic acids is 2. The van der Waals surface area contributed by atoms with Crippen molar-refractivity contribution in [1.29, 1.82) is 0 Å². The zero-order chi connectivity index (χ0) is 13.5. The quantitative estimate of drug-likeness (QED) is 0.759. The number of anilines is 1.